The summed E-state index contributed by atoms with van der Waals surface area (Å²) in [5, 5.41) is 13.8. The van der Waals surface area contributed by atoms with E-state index in [9.17, 15) is 0 Å². The van der Waals surface area contributed by atoms with Crippen LogP contribution in [0.5, 0.6) is 0 Å². The van der Waals surface area contributed by atoms with Crippen LogP contribution in [0.25, 0.3) is 59.8 Å². The average Bonchev–Trinajstić information content (AvgIpc) is 3.24. The van der Waals surface area contributed by atoms with E-state index in [0.29, 0.717) is 12.4 Å². The zero-order valence-electron chi connectivity index (χ0n) is 30.3. The van der Waals surface area contributed by atoms with Gasteiger partial charge in [0.2, 0.25) is 0 Å². The second-order valence-corrected chi connectivity index (χ2v) is 13.0. The molecule has 8 aromatic carbocycles. The van der Waals surface area contributed by atoms with Crippen molar-refractivity contribution in [3.8, 4) is 11.1 Å². The summed E-state index contributed by atoms with van der Waals surface area (Å²) in [6, 6.07) is 56.0. The van der Waals surface area contributed by atoms with Crippen molar-refractivity contribution < 1.29 is 0 Å². The van der Waals surface area contributed by atoms with E-state index < -0.39 is 0 Å². The summed E-state index contributed by atoms with van der Waals surface area (Å²) >= 11 is 0. The third kappa shape index (κ3) is 7.45. The van der Waals surface area contributed by atoms with Crippen molar-refractivity contribution in [2.45, 2.75) is 13.5 Å². The van der Waals surface area contributed by atoms with Gasteiger partial charge in [-0.2, -0.15) is 0 Å². The fourth-order valence-corrected chi connectivity index (χ4v) is 7.10. The van der Waals surface area contributed by atoms with Crippen molar-refractivity contribution in [3.63, 3.8) is 0 Å². The molecule has 0 unspecified atom stereocenters. The molecule has 53 heavy (non-hydrogen) atoms. The van der Waals surface area contributed by atoms with E-state index in [0.717, 1.165) is 28.8 Å². The van der Waals surface area contributed by atoms with Gasteiger partial charge in [-0.3, -0.25) is 4.99 Å². The lowest BCUT2D eigenvalue weighted by Crippen LogP contribution is -2.14. The van der Waals surface area contributed by atoms with E-state index in [1.54, 1.807) is 0 Å². The number of nitrogens with one attached hydrogen (secondary N) is 1. The number of amidine groups is 1. The van der Waals surface area contributed by atoms with Crippen molar-refractivity contribution in [2.75, 3.05) is 13.6 Å². The van der Waals surface area contributed by atoms with Crippen LogP contribution in [-0.2, 0) is 6.54 Å². The molecule has 0 radical (unpaired) electrons. The molecule has 1 heterocycles. The largest absolute Gasteiger partial charge is 0.387 e. The number of fused-ring (bicyclic) bond motifs is 8. The molecule has 0 spiro atoms. The number of nitrogens with two attached hydrogens (primary N) is 2. The minimum Gasteiger partial charge on any atom is -0.387 e. The van der Waals surface area contributed by atoms with E-state index in [1.807, 2.05) is 36.5 Å². The van der Waals surface area contributed by atoms with Gasteiger partial charge in [0, 0.05) is 18.3 Å². The number of benzene rings is 8. The van der Waals surface area contributed by atoms with E-state index in [4.69, 9.17) is 5.73 Å². The third-order valence-corrected chi connectivity index (χ3v) is 9.67. The van der Waals surface area contributed by atoms with Crippen LogP contribution in [0.1, 0.15) is 22.3 Å². The summed E-state index contributed by atoms with van der Waals surface area (Å²) in [6.07, 6.45) is 6.25. The van der Waals surface area contributed by atoms with E-state index in [-0.39, 0.29) is 0 Å². The van der Waals surface area contributed by atoms with E-state index >= 15 is 0 Å². The van der Waals surface area contributed by atoms with Gasteiger partial charge in [-0.15, -0.1) is 0 Å². The van der Waals surface area contributed by atoms with Crippen molar-refractivity contribution in [3.05, 3.63) is 198 Å². The highest BCUT2D eigenvalue weighted by molar-refractivity contribution is 6.33. The zero-order valence-corrected chi connectivity index (χ0v) is 30.3. The van der Waals surface area contributed by atoms with Crippen LogP contribution in [-0.4, -0.2) is 19.4 Å². The molecule has 0 saturated heterocycles. The number of allylic oxidation sites excluding steroid dienone is 2. The van der Waals surface area contributed by atoms with Crippen LogP contribution < -0.4 is 16.8 Å². The number of hydrogen-bond donors (Lipinski definition) is 3. The molecule has 9 rings (SSSR count). The first-order chi connectivity index (χ1) is 26.1. The highest BCUT2D eigenvalue weighted by Crippen LogP contribution is 2.42. The van der Waals surface area contributed by atoms with E-state index in [1.165, 1.54) is 66.8 Å². The van der Waals surface area contributed by atoms with Crippen LogP contribution in [0.2, 0.25) is 0 Å². The van der Waals surface area contributed by atoms with Crippen LogP contribution in [0.15, 0.2) is 181 Å². The Morgan fingerprint density at radius 3 is 1.83 bits per heavy atom. The van der Waals surface area contributed by atoms with Crippen molar-refractivity contribution in [2.24, 2.45) is 16.5 Å². The van der Waals surface area contributed by atoms with E-state index in [2.05, 4.69) is 163 Å². The zero-order chi connectivity index (χ0) is 36.6. The Hall–Kier alpha value is -6.49. The number of dihydropyridines is 1. The first-order valence-electron chi connectivity index (χ1n) is 18.1. The summed E-state index contributed by atoms with van der Waals surface area (Å²) in [7, 11) is 1.50. The minimum atomic E-state index is 0.569. The Kier molecular flexibility index (Phi) is 10.7. The summed E-state index contributed by atoms with van der Waals surface area (Å²) in [6.45, 7) is 3.62. The van der Waals surface area contributed by atoms with Crippen LogP contribution in [0.3, 0.4) is 0 Å². The molecule has 1 aliphatic rings. The molecule has 260 valence electrons. The first kappa shape index (κ1) is 34.9. The van der Waals surface area contributed by atoms with Gasteiger partial charge in [0.1, 0.15) is 5.84 Å². The maximum Gasteiger partial charge on any atom is 0.125 e. The van der Waals surface area contributed by atoms with Crippen LogP contribution in [0, 0.1) is 6.92 Å². The molecule has 5 N–H and O–H groups in total. The third-order valence-electron chi connectivity index (χ3n) is 9.67. The Bertz CT molecular complexity index is 2620. The highest BCUT2D eigenvalue weighted by atomic mass is 14.8. The quantitative estimate of drug-likeness (QED) is 0.0957. The smallest absolute Gasteiger partial charge is 0.125 e. The lowest BCUT2D eigenvalue weighted by atomic mass is 9.87. The van der Waals surface area contributed by atoms with Crippen LogP contribution >= 0.6 is 0 Å². The molecule has 4 heteroatoms. The topological polar surface area (TPSA) is 76.4 Å². The second-order valence-electron chi connectivity index (χ2n) is 13.0. The average molecular weight is 689 g/mol. The molecule has 0 amide bonds. The molecular formula is C49H44N4. The predicted octanol–water partition coefficient (Wildman–Crippen LogP) is 10.9. The second kappa shape index (κ2) is 16.2. The van der Waals surface area contributed by atoms with Crippen molar-refractivity contribution in [1.29, 1.82) is 0 Å². The summed E-state index contributed by atoms with van der Waals surface area (Å²) in [5.74, 6) is 0.569. The number of rotatable bonds is 5. The standard InChI is InChI=1S/C29H20.C19H19N3.CH5N/c1-19-14-16-20(17-15-19)27-18-28-23-10-3-2-8-21(23)22-9-4-6-12-25(22)29(28)26-13-7-5-11-24(26)27;20-19(22-13-15-6-2-1-3-7-15)17-9-4-8-16(12-17)18-10-5-11-21-14-18;1-2/h2-18H,1H3;1-10,12,14,21H,11,13H2,(H2,20,22);2H2,1H3. The molecule has 4 nitrogen and oxygen atoms in total. The maximum absolute atomic E-state index is 6.14. The SMILES string of the molecule is CN.Cc1ccc(-c2cc3c4ccccc4c4ccccc4c3c3ccccc23)cc1.NC(=NCc1ccccc1)c1cccc(C2=CNCC=C2)c1. The summed E-state index contributed by atoms with van der Waals surface area (Å²) in [4.78, 5) is 4.49. The summed E-state index contributed by atoms with van der Waals surface area (Å²) < 4.78 is 0. The molecular weight excluding hydrogens is 645 g/mol. The molecule has 0 aliphatic carbocycles. The number of hydrogen-bond acceptors (Lipinski definition) is 3. The fourth-order valence-electron chi connectivity index (χ4n) is 7.10. The Morgan fingerprint density at radius 1 is 0.585 bits per heavy atom. The van der Waals surface area contributed by atoms with Gasteiger partial charge in [0.25, 0.3) is 0 Å². The highest BCUT2D eigenvalue weighted by Gasteiger charge is 2.14. The molecule has 0 fully saturated rings. The molecule has 0 bridgehead atoms. The minimum absolute atomic E-state index is 0.569. The van der Waals surface area contributed by atoms with Gasteiger partial charge in [-0.25, -0.2) is 0 Å². The predicted molar refractivity (Wildman–Crippen MR) is 229 cm³/mol. The monoisotopic (exact) mass is 688 g/mol. The van der Waals surface area contributed by atoms with Crippen LogP contribution in [0.4, 0.5) is 0 Å². The van der Waals surface area contributed by atoms with Gasteiger partial charge in [-0.05, 0) is 97.0 Å². The van der Waals surface area contributed by atoms with Gasteiger partial charge < -0.3 is 16.8 Å². The Labute approximate surface area is 311 Å². The van der Waals surface area contributed by atoms with Gasteiger partial charge >= 0.3 is 0 Å². The molecule has 0 saturated carbocycles. The fraction of sp³-hybridized carbons (Fsp3) is 0.0816. The van der Waals surface area contributed by atoms with Gasteiger partial charge in [0.15, 0.2) is 0 Å². The van der Waals surface area contributed by atoms with Crippen molar-refractivity contribution >= 4 is 54.5 Å². The first-order valence-corrected chi connectivity index (χ1v) is 18.1. The normalized spacial score (nSPS) is 12.4. The maximum atomic E-state index is 6.14. The van der Waals surface area contributed by atoms with Crippen molar-refractivity contribution in [1.82, 2.24) is 5.32 Å². The molecule has 0 aromatic heterocycles. The Morgan fingerprint density at radius 2 is 1.17 bits per heavy atom. The summed E-state index contributed by atoms with van der Waals surface area (Å²) in [5.41, 5.74) is 18.9. The number of aliphatic imine (C=N–C) groups is 1. The molecule has 8 aromatic rings. The lowest BCUT2D eigenvalue weighted by molar-refractivity contribution is 0.976. The number of aryl methyl sites for hydroxylation is 1. The van der Waals surface area contributed by atoms with Gasteiger partial charge in [0.05, 0.1) is 6.54 Å². The lowest BCUT2D eigenvalue weighted by Gasteiger charge is -2.16. The molecule has 0 atom stereocenters. The Balaban J connectivity index is 0.000000163. The number of nitrogens with zero attached hydrogens (tertiary/aromatic N) is 1. The van der Waals surface area contributed by atoms with Gasteiger partial charge in [-0.1, -0.05) is 163 Å². The molecule has 1 aliphatic heterocycles.